The summed E-state index contributed by atoms with van der Waals surface area (Å²) in [5.41, 5.74) is 0.652. The number of hydrogen-bond donors (Lipinski definition) is 2. The van der Waals surface area contributed by atoms with Crippen LogP contribution in [0, 0.1) is 10.1 Å². The highest BCUT2D eigenvalue weighted by molar-refractivity contribution is 5.88. The molecule has 0 spiro atoms. The molecule has 0 fully saturated rings. The zero-order valence-electron chi connectivity index (χ0n) is 12.9. The first-order chi connectivity index (χ1) is 10.4. The van der Waals surface area contributed by atoms with Crippen molar-refractivity contribution in [3.05, 3.63) is 34.4 Å². The summed E-state index contributed by atoms with van der Waals surface area (Å²) in [6.07, 6.45) is -0.701. The van der Waals surface area contributed by atoms with Crippen LogP contribution in [0.5, 0.6) is 5.75 Å². The lowest BCUT2D eigenvalue weighted by Gasteiger charge is -2.18. The highest BCUT2D eigenvalue weighted by atomic mass is 17.0. The number of ether oxygens (including phenoxy) is 1. The summed E-state index contributed by atoms with van der Waals surface area (Å²) in [5, 5.41) is 15.3. The molecule has 8 nitrogen and oxygen atoms in total. The molecule has 0 saturated carbocycles. The lowest BCUT2D eigenvalue weighted by Crippen LogP contribution is -2.38. The maximum absolute atomic E-state index is 10.9. The number of benzene rings is 1. The van der Waals surface area contributed by atoms with Crippen molar-refractivity contribution in [3.8, 4) is 5.75 Å². The number of amides is 1. The number of nitrogens with one attached hydrogen (secondary N) is 2. The first-order valence-electron chi connectivity index (χ1n) is 6.92. The van der Waals surface area contributed by atoms with E-state index in [0.717, 1.165) is 0 Å². The van der Waals surface area contributed by atoms with E-state index < -0.39 is 11.2 Å². The first kappa shape index (κ1) is 17.7. The van der Waals surface area contributed by atoms with Gasteiger partial charge in [0.05, 0.1) is 0 Å². The molecular weight excluding hydrogens is 290 g/mol. The number of nitrogens with zero attached hydrogens (tertiary/aromatic N) is 1. The van der Waals surface area contributed by atoms with Crippen LogP contribution < -0.4 is 15.4 Å². The van der Waals surface area contributed by atoms with E-state index in [0.29, 0.717) is 18.0 Å². The van der Waals surface area contributed by atoms with E-state index in [1.807, 2.05) is 13.8 Å². The molecule has 0 bridgehead atoms. The predicted octanol–water partition coefficient (Wildman–Crippen LogP) is 1.60. The third-order valence-corrected chi connectivity index (χ3v) is 2.60. The van der Waals surface area contributed by atoms with E-state index in [1.54, 1.807) is 24.3 Å². The topological polar surface area (TPSA) is 103 Å². The van der Waals surface area contributed by atoms with E-state index >= 15 is 0 Å². The molecule has 0 saturated heterocycles. The van der Waals surface area contributed by atoms with Gasteiger partial charge in [-0.3, -0.25) is 4.79 Å². The van der Waals surface area contributed by atoms with E-state index in [9.17, 15) is 14.9 Å². The SMILES string of the molecule is CC(=O)Nc1ccc(OCC(CNC(C)C)O[N+](=O)[O-])cc1. The Labute approximate surface area is 128 Å². The largest absolute Gasteiger partial charge is 0.491 e. The molecule has 1 aromatic carbocycles. The highest BCUT2D eigenvalue weighted by Crippen LogP contribution is 2.16. The van der Waals surface area contributed by atoms with Gasteiger partial charge in [0.1, 0.15) is 12.4 Å². The van der Waals surface area contributed by atoms with Gasteiger partial charge in [0, 0.05) is 25.2 Å². The summed E-state index contributed by atoms with van der Waals surface area (Å²) in [5.74, 6) is 0.378. The Balaban J connectivity index is 2.52. The standard InChI is InChI=1S/C14H21N3O5/c1-10(2)15-8-14(22-17(19)20)9-21-13-6-4-12(5-7-13)16-11(3)18/h4-7,10,14-15H,8-9H2,1-3H3,(H,16,18). The molecule has 1 aromatic rings. The van der Waals surface area contributed by atoms with Gasteiger partial charge in [0.15, 0.2) is 6.10 Å². The molecule has 1 unspecified atom stereocenters. The van der Waals surface area contributed by atoms with Gasteiger partial charge >= 0.3 is 0 Å². The van der Waals surface area contributed by atoms with Crippen molar-refractivity contribution >= 4 is 11.6 Å². The minimum Gasteiger partial charge on any atom is -0.491 e. The second-order valence-electron chi connectivity index (χ2n) is 5.03. The minimum atomic E-state index is -0.824. The summed E-state index contributed by atoms with van der Waals surface area (Å²) < 4.78 is 5.48. The molecule has 0 aliphatic heterocycles. The van der Waals surface area contributed by atoms with Crippen molar-refractivity contribution in [3.63, 3.8) is 0 Å². The van der Waals surface area contributed by atoms with Crippen LogP contribution in [0.15, 0.2) is 24.3 Å². The zero-order valence-corrected chi connectivity index (χ0v) is 12.9. The Morgan fingerprint density at radius 1 is 1.32 bits per heavy atom. The molecule has 1 atom stereocenters. The van der Waals surface area contributed by atoms with Gasteiger partial charge in [-0.25, -0.2) is 0 Å². The number of anilines is 1. The lowest BCUT2D eigenvalue weighted by atomic mass is 10.3. The van der Waals surface area contributed by atoms with Crippen LogP contribution in [0.3, 0.4) is 0 Å². The predicted molar refractivity (Wildman–Crippen MR) is 81.2 cm³/mol. The second-order valence-corrected chi connectivity index (χ2v) is 5.03. The van der Waals surface area contributed by atoms with Crippen LogP contribution in [0.4, 0.5) is 5.69 Å². The maximum Gasteiger partial charge on any atom is 0.294 e. The minimum absolute atomic E-state index is 0.0418. The van der Waals surface area contributed by atoms with Crippen LogP contribution in [-0.2, 0) is 9.63 Å². The summed E-state index contributed by atoms with van der Waals surface area (Å²) in [7, 11) is 0. The van der Waals surface area contributed by atoms with Crippen molar-refractivity contribution in [2.45, 2.75) is 32.9 Å². The third kappa shape index (κ3) is 7.44. The third-order valence-electron chi connectivity index (χ3n) is 2.60. The molecule has 22 heavy (non-hydrogen) atoms. The highest BCUT2D eigenvalue weighted by Gasteiger charge is 2.15. The fourth-order valence-electron chi connectivity index (χ4n) is 1.64. The molecule has 0 heterocycles. The van der Waals surface area contributed by atoms with Crippen molar-refractivity contribution in [2.24, 2.45) is 0 Å². The van der Waals surface area contributed by atoms with Crippen LogP contribution in [0.25, 0.3) is 0 Å². The molecule has 1 amide bonds. The number of hydrogen-bond acceptors (Lipinski definition) is 6. The summed E-state index contributed by atoms with van der Waals surface area (Å²) >= 11 is 0. The fourth-order valence-corrected chi connectivity index (χ4v) is 1.64. The van der Waals surface area contributed by atoms with E-state index in [1.165, 1.54) is 6.92 Å². The lowest BCUT2D eigenvalue weighted by molar-refractivity contribution is -0.768. The Morgan fingerprint density at radius 2 is 1.95 bits per heavy atom. The van der Waals surface area contributed by atoms with Crippen molar-refractivity contribution in [2.75, 3.05) is 18.5 Å². The molecule has 0 aliphatic rings. The van der Waals surface area contributed by atoms with Gasteiger partial charge in [0.2, 0.25) is 5.91 Å². The summed E-state index contributed by atoms with van der Waals surface area (Å²) in [6.45, 7) is 5.64. The van der Waals surface area contributed by atoms with Crippen LogP contribution in [-0.4, -0.2) is 36.3 Å². The maximum atomic E-state index is 10.9. The molecule has 8 heteroatoms. The van der Waals surface area contributed by atoms with Crippen molar-refractivity contribution in [1.82, 2.24) is 5.32 Å². The molecule has 0 aliphatic carbocycles. The van der Waals surface area contributed by atoms with Crippen LogP contribution in [0.1, 0.15) is 20.8 Å². The molecule has 0 radical (unpaired) electrons. The smallest absolute Gasteiger partial charge is 0.294 e. The van der Waals surface area contributed by atoms with Gasteiger partial charge in [-0.05, 0) is 24.3 Å². The van der Waals surface area contributed by atoms with E-state index in [2.05, 4.69) is 15.5 Å². The van der Waals surface area contributed by atoms with Gasteiger partial charge in [-0.15, -0.1) is 10.1 Å². The number of rotatable bonds is 9. The number of carbonyl (C=O) groups excluding carboxylic acids is 1. The average Bonchev–Trinajstić information content (AvgIpc) is 2.42. The fraction of sp³-hybridized carbons (Fsp3) is 0.500. The molecule has 2 N–H and O–H groups in total. The number of carbonyl (C=O) groups is 1. The average molecular weight is 311 g/mol. The second kappa shape index (κ2) is 8.83. The van der Waals surface area contributed by atoms with Gasteiger partial charge < -0.3 is 20.2 Å². The van der Waals surface area contributed by atoms with E-state index in [4.69, 9.17) is 4.74 Å². The zero-order chi connectivity index (χ0) is 16.5. The molecule has 1 rings (SSSR count). The molecule has 122 valence electrons. The monoisotopic (exact) mass is 311 g/mol. The Kier molecular flexibility index (Phi) is 7.11. The van der Waals surface area contributed by atoms with Crippen LogP contribution in [0.2, 0.25) is 0 Å². The van der Waals surface area contributed by atoms with E-state index in [-0.39, 0.29) is 18.6 Å². The quantitative estimate of drug-likeness (QED) is 0.530. The Hall–Kier alpha value is -2.35. The summed E-state index contributed by atoms with van der Waals surface area (Å²) in [6, 6.07) is 6.91. The Morgan fingerprint density at radius 3 is 2.45 bits per heavy atom. The van der Waals surface area contributed by atoms with Gasteiger partial charge in [-0.2, -0.15) is 0 Å². The van der Waals surface area contributed by atoms with Crippen molar-refractivity contribution < 1.29 is 19.5 Å². The van der Waals surface area contributed by atoms with Gasteiger partial charge in [-0.1, -0.05) is 13.8 Å². The normalized spacial score (nSPS) is 11.8. The Bertz CT molecular complexity index is 490. The summed E-state index contributed by atoms with van der Waals surface area (Å²) in [4.78, 5) is 26.0. The van der Waals surface area contributed by atoms with Crippen LogP contribution >= 0.6 is 0 Å². The van der Waals surface area contributed by atoms with Crippen molar-refractivity contribution in [1.29, 1.82) is 0 Å². The van der Waals surface area contributed by atoms with Gasteiger partial charge in [0.25, 0.3) is 5.09 Å². The molecular formula is C14H21N3O5. The first-order valence-corrected chi connectivity index (χ1v) is 6.92. The molecule has 0 aromatic heterocycles.